The summed E-state index contributed by atoms with van der Waals surface area (Å²) in [6.45, 7) is 0.727. The summed E-state index contributed by atoms with van der Waals surface area (Å²) in [4.78, 5) is 14.2. The van der Waals surface area contributed by atoms with Gasteiger partial charge < -0.3 is 4.90 Å². The number of likely N-dealkylation sites (N-methyl/N-ethyl adjacent to an activating group) is 1. The molecule has 6 heteroatoms. The average molecular weight is 367 g/mol. The van der Waals surface area contributed by atoms with E-state index in [0.29, 0.717) is 10.6 Å². The molecule has 0 unspecified atom stereocenters. The van der Waals surface area contributed by atoms with Crippen molar-refractivity contribution < 1.29 is 4.79 Å². The minimum absolute atomic E-state index is 0.0621. The quantitative estimate of drug-likeness (QED) is 0.873. The van der Waals surface area contributed by atoms with Gasteiger partial charge in [-0.2, -0.15) is 0 Å². The highest BCUT2D eigenvalue weighted by atomic mass is 79.9. The maximum Gasteiger partial charge on any atom is 0.258 e. The van der Waals surface area contributed by atoms with Gasteiger partial charge in [-0.3, -0.25) is 9.80 Å². The van der Waals surface area contributed by atoms with Crippen LogP contribution in [0, 0.1) is 0 Å². The van der Waals surface area contributed by atoms with Gasteiger partial charge >= 0.3 is 0 Å². The second kappa shape index (κ2) is 5.67. The molecule has 108 valence electrons. The van der Waals surface area contributed by atoms with Gasteiger partial charge in [0.05, 0.1) is 5.70 Å². The first-order chi connectivity index (χ1) is 10.1. The molecule has 1 amide bonds. The van der Waals surface area contributed by atoms with Crippen molar-refractivity contribution >= 4 is 39.1 Å². The molecule has 4 nitrogen and oxygen atoms in total. The van der Waals surface area contributed by atoms with Crippen molar-refractivity contribution in [2.45, 2.75) is 0 Å². The van der Waals surface area contributed by atoms with Crippen molar-refractivity contribution in [3.05, 3.63) is 63.4 Å². The van der Waals surface area contributed by atoms with E-state index in [-0.39, 0.29) is 5.91 Å². The van der Waals surface area contributed by atoms with Crippen LogP contribution in [0.3, 0.4) is 0 Å². The summed E-state index contributed by atoms with van der Waals surface area (Å²) in [7, 11) is 1.75. The number of amides is 1. The monoisotopic (exact) mass is 365 g/mol. The van der Waals surface area contributed by atoms with E-state index in [0.717, 1.165) is 22.4 Å². The molecule has 2 heterocycles. The van der Waals surface area contributed by atoms with Crippen molar-refractivity contribution in [3.8, 4) is 0 Å². The number of nitrogens with zero attached hydrogens (tertiary/aromatic N) is 2. The maximum atomic E-state index is 12.6. The second-order valence-corrected chi connectivity index (χ2v) is 6.14. The fraction of sp³-hybridized carbons (Fsp3) is 0.133. The molecule has 0 radical (unpaired) electrons. The Morgan fingerprint density at radius 1 is 1.38 bits per heavy atom. The largest absolute Gasteiger partial charge is 0.311 e. The lowest BCUT2D eigenvalue weighted by Gasteiger charge is -2.23. The van der Waals surface area contributed by atoms with Crippen LogP contribution in [0.15, 0.2) is 58.4 Å². The van der Waals surface area contributed by atoms with Gasteiger partial charge in [-0.15, -0.1) is 0 Å². The van der Waals surface area contributed by atoms with Crippen LogP contribution in [-0.2, 0) is 4.79 Å². The zero-order valence-electron chi connectivity index (χ0n) is 11.3. The first-order valence-electron chi connectivity index (χ1n) is 6.41. The van der Waals surface area contributed by atoms with Gasteiger partial charge in [-0.05, 0) is 36.4 Å². The number of anilines is 1. The number of benzene rings is 1. The number of hydrogen-bond acceptors (Lipinski definition) is 3. The number of allylic oxidation sites excluding steroid dienone is 1. The summed E-state index contributed by atoms with van der Waals surface area (Å²) >= 11 is 9.38. The molecule has 0 aliphatic carbocycles. The molecule has 1 aromatic rings. The van der Waals surface area contributed by atoms with Crippen LogP contribution in [0.25, 0.3) is 0 Å². The summed E-state index contributed by atoms with van der Waals surface area (Å²) in [6, 6.07) is 7.19. The van der Waals surface area contributed by atoms with E-state index in [2.05, 4.69) is 21.4 Å². The molecule has 3 rings (SSSR count). The van der Waals surface area contributed by atoms with Crippen molar-refractivity contribution in [1.82, 2.24) is 10.4 Å². The fourth-order valence-electron chi connectivity index (χ4n) is 2.20. The average Bonchev–Trinajstić information content (AvgIpc) is 2.87. The molecule has 1 N–H and O–H groups in total. The van der Waals surface area contributed by atoms with Gasteiger partial charge in [0, 0.05) is 40.6 Å². The highest BCUT2D eigenvalue weighted by Gasteiger charge is 2.24. The Hall–Kier alpha value is -1.56. The summed E-state index contributed by atoms with van der Waals surface area (Å²) in [6.07, 6.45) is 5.53. The fourth-order valence-corrected chi connectivity index (χ4v) is 2.76. The molecular weight excluding hydrogens is 354 g/mol. The van der Waals surface area contributed by atoms with Gasteiger partial charge in [-0.1, -0.05) is 27.5 Å². The van der Waals surface area contributed by atoms with Crippen molar-refractivity contribution in [2.24, 2.45) is 0 Å². The number of nitrogens with one attached hydrogen (secondary N) is 1. The Labute approximate surface area is 136 Å². The van der Waals surface area contributed by atoms with E-state index in [1.807, 2.05) is 29.4 Å². The third kappa shape index (κ3) is 2.77. The number of fused-ring (bicyclic) bond motifs is 1. The Morgan fingerprint density at radius 3 is 2.81 bits per heavy atom. The smallest absolute Gasteiger partial charge is 0.258 e. The van der Waals surface area contributed by atoms with Crippen LogP contribution in [0.1, 0.15) is 0 Å². The van der Waals surface area contributed by atoms with Gasteiger partial charge in [0.15, 0.2) is 0 Å². The maximum absolute atomic E-state index is 12.6. The molecule has 0 atom stereocenters. The van der Waals surface area contributed by atoms with Crippen LogP contribution in [0.5, 0.6) is 0 Å². The number of hydrogen-bond donors (Lipinski definition) is 1. The number of hydrazine groups is 1. The number of carbonyl (C=O) groups is 1. The zero-order chi connectivity index (χ0) is 15.0. The molecule has 21 heavy (non-hydrogen) atoms. The molecule has 0 saturated carbocycles. The molecule has 2 aliphatic rings. The lowest BCUT2D eigenvalue weighted by Crippen LogP contribution is -2.31. The van der Waals surface area contributed by atoms with E-state index in [4.69, 9.17) is 11.6 Å². The summed E-state index contributed by atoms with van der Waals surface area (Å²) < 4.78 is 1.03. The minimum Gasteiger partial charge on any atom is -0.311 e. The Balaban J connectivity index is 1.85. The van der Waals surface area contributed by atoms with Crippen LogP contribution >= 0.6 is 27.5 Å². The zero-order valence-corrected chi connectivity index (χ0v) is 13.6. The standard InChI is InChI=1S/C15H13BrClN3O/c1-19(12-4-2-11(17)3-5-12)15(21)10-6-7-20-14(8-10)13(16)9-18-20/h2-8,18H,9H2,1H3. The Morgan fingerprint density at radius 2 is 2.10 bits per heavy atom. The normalized spacial score (nSPS) is 16.9. The van der Waals surface area contributed by atoms with Gasteiger partial charge in [0.2, 0.25) is 0 Å². The Kier molecular flexibility index (Phi) is 3.89. The highest BCUT2D eigenvalue weighted by Crippen LogP contribution is 2.27. The highest BCUT2D eigenvalue weighted by molar-refractivity contribution is 9.11. The first-order valence-corrected chi connectivity index (χ1v) is 7.58. The third-order valence-corrected chi connectivity index (χ3v) is 4.34. The minimum atomic E-state index is -0.0621. The molecule has 0 fully saturated rings. The van der Waals surface area contributed by atoms with Crippen LogP contribution in [0.2, 0.25) is 5.02 Å². The molecule has 0 saturated heterocycles. The van der Waals surface area contributed by atoms with Crippen LogP contribution in [0.4, 0.5) is 5.69 Å². The lowest BCUT2D eigenvalue weighted by molar-refractivity contribution is -0.114. The molecule has 1 aromatic carbocycles. The van der Waals surface area contributed by atoms with Gasteiger partial charge in [0.25, 0.3) is 5.91 Å². The predicted molar refractivity (Wildman–Crippen MR) is 87.9 cm³/mol. The topological polar surface area (TPSA) is 35.6 Å². The second-order valence-electron chi connectivity index (χ2n) is 4.75. The van der Waals surface area contributed by atoms with Crippen molar-refractivity contribution in [3.63, 3.8) is 0 Å². The molecular formula is C15H13BrClN3O. The van der Waals surface area contributed by atoms with E-state index in [1.54, 1.807) is 30.2 Å². The molecule has 0 bridgehead atoms. The molecule has 2 aliphatic heterocycles. The first kappa shape index (κ1) is 14.4. The SMILES string of the molecule is CN(C(=O)C1=CC2=C(Br)CNN2C=C1)c1ccc(Cl)cc1. The van der Waals surface area contributed by atoms with E-state index in [1.165, 1.54) is 0 Å². The Bertz CT molecular complexity index is 679. The summed E-state index contributed by atoms with van der Waals surface area (Å²) in [5.74, 6) is -0.0621. The van der Waals surface area contributed by atoms with Crippen molar-refractivity contribution in [1.29, 1.82) is 0 Å². The van der Waals surface area contributed by atoms with E-state index < -0.39 is 0 Å². The predicted octanol–water partition coefficient (Wildman–Crippen LogP) is 3.18. The lowest BCUT2D eigenvalue weighted by atomic mass is 10.1. The molecule has 0 aromatic heterocycles. The van der Waals surface area contributed by atoms with E-state index in [9.17, 15) is 4.79 Å². The summed E-state index contributed by atoms with van der Waals surface area (Å²) in [5, 5.41) is 2.54. The number of carbonyl (C=O) groups excluding carboxylic acids is 1. The van der Waals surface area contributed by atoms with Crippen molar-refractivity contribution in [2.75, 3.05) is 18.5 Å². The van der Waals surface area contributed by atoms with Gasteiger partial charge in [0.1, 0.15) is 0 Å². The number of halogens is 2. The molecule has 0 spiro atoms. The third-order valence-electron chi connectivity index (χ3n) is 3.40. The summed E-state index contributed by atoms with van der Waals surface area (Å²) in [5.41, 5.74) is 5.58. The number of rotatable bonds is 2. The van der Waals surface area contributed by atoms with Gasteiger partial charge in [-0.25, -0.2) is 5.43 Å². The van der Waals surface area contributed by atoms with Crippen LogP contribution in [-0.4, -0.2) is 24.5 Å². The van der Waals surface area contributed by atoms with E-state index >= 15 is 0 Å². The van der Waals surface area contributed by atoms with Crippen LogP contribution < -0.4 is 10.3 Å².